The lowest BCUT2D eigenvalue weighted by Crippen LogP contribution is -1.95. The Kier molecular flexibility index (Phi) is 5.46. The van der Waals surface area contributed by atoms with Crippen molar-refractivity contribution in [1.82, 2.24) is 4.57 Å². The van der Waals surface area contributed by atoms with Crippen molar-refractivity contribution in [3.63, 3.8) is 0 Å². The summed E-state index contributed by atoms with van der Waals surface area (Å²) >= 11 is 0. The number of carbonyl (C=O) groups is 1. The van der Waals surface area contributed by atoms with Crippen molar-refractivity contribution < 1.29 is 9.90 Å². The van der Waals surface area contributed by atoms with Crippen molar-refractivity contribution in [2.75, 3.05) is 0 Å². The zero-order valence-corrected chi connectivity index (χ0v) is 15.1. The summed E-state index contributed by atoms with van der Waals surface area (Å²) < 4.78 is 1.82. The van der Waals surface area contributed by atoms with Crippen LogP contribution < -0.4 is 0 Å². The van der Waals surface area contributed by atoms with Gasteiger partial charge in [-0.2, -0.15) is 0 Å². The van der Waals surface area contributed by atoms with Gasteiger partial charge in [0, 0.05) is 18.4 Å². The van der Waals surface area contributed by atoms with Gasteiger partial charge in [0.2, 0.25) is 5.88 Å². The molecule has 3 aromatic rings. The van der Waals surface area contributed by atoms with Gasteiger partial charge in [-0.3, -0.25) is 4.79 Å². The molecule has 0 aliphatic rings. The van der Waals surface area contributed by atoms with Crippen LogP contribution in [0.15, 0.2) is 58.8 Å². The van der Waals surface area contributed by atoms with E-state index in [0.29, 0.717) is 25.1 Å². The number of hydrogen-bond acceptors (Lipinski definition) is 3. The molecule has 0 radical (unpaired) electrons. The second-order valence-corrected chi connectivity index (χ2v) is 6.42. The van der Waals surface area contributed by atoms with Crippen LogP contribution in [-0.2, 0) is 17.8 Å². The van der Waals surface area contributed by atoms with Crippen LogP contribution >= 0.6 is 0 Å². The van der Waals surface area contributed by atoms with Gasteiger partial charge in [0.1, 0.15) is 0 Å². The van der Waals surface area contributed by atoms with Gasteiger partial charge in [-0.25, -0.2) is 0 Å². The number of aryl methyl sites for hydroxylation is 3. The van der Waals surface area contributed by atoms with Gasteiger partial charge >= 0.3 is 0 Å². The first-order valence-corrected chi connectivity index (χ1v) is 8.90. The molecule has 2 aromatic carbocycles. The Balaban J connectivity index is 1.83. The van der Waals surface area contributed by atoms with E-state index < -0.39 is 0 Å². The summed E-state index contributed by atoms with van der Waals surface area (Å²) in [6, 6.07) is 15.7. The highest BCUT2D eigenvalue weighted by atomic mass is 16.3. The third-order valence-electron chi connectivity index (χ3n) is 4.34. The van der Waals surface area contributed by atoms with Gasteiger partial charge in [-0.05, 0) is 37.5 Å². The number of amides is 1. The molecule has 1 amide bonds. The summed E-state index contributed by atoms with van der Waals surface area (Å²) in [6.07, 6.45) is 1.81. The van der Waals surface area contributed by atoms with Crippen molar-refractivity contribution in [1.29, 1.82) is 0 Å². The molecule has 1 N–H and O–H groups in total. The minimum absolute atomic E-state index is 0.0621. The second kappa shape index (κ2) is 7.95. The molecule has 0 aliphatic carbocycles. The third-order valence-corrected chi connectivity index (χ3v) is 4.34. The van der Waals surface area contributed by atoms with Gasteiger partial charge in [0.15, 0.2) is 5.69 Å². The number of azo groups is 1. The van der Waals surface area contributed by atoms with Crippen LogP contribution in [0.25, 0.3) is 10.9 Å². The number of rotatable bonds is 6. The fourth-order valence-electron chi connectivity index (χ4n) is 3.04. The molecule has 5 heteroatoms. The standard InChI is InChI=1S/C21H23N3O2/c1-3-13-24-18-11-9-15(2)14-17(18)20(21(24)26)23-22-19(25)12-10-16-7-5-4-6-8-16/h4-9,11,14,26H,3,10,12-13H2,1-2H3. The van der Waals surface area contributed by atoms with Crippen LogP contribution in [0.2, 0.25) is 0 Å². The van der Waals surface area contributed by atoms with Crippen LogP contribution in [0, 0.1) is 6.92 Å². The first-order chi connectivity index (χ1) is 12.6. The SMILES string of the molecule is CCCn1c(O)c(N=NC(=O)CCc2ccccc2)c2cc(C)ccc21. The van der Waals surface area contributed by atoms with Crippen molar-refractivity contribution in [3.05, 3.63) is 59.7 Å². The van der Waals surface area contributed by atoms with Crippen LogP contribution in [0.5, 0.6) is 5.88 Å². The fraction of sp³-hybridized carbons (Fsp3) is 0.286. The highest BCUT2D eigenvalue weighted by molar-refractivity contribution is 5.95. The number of nitrogens with zero attached hydrogens (tertiary/aromatic N) is 3. The topological polar surface area (TPSA) is 66.9 Å². The Hall–Kier alpha value is -2.95. The Morgan fingerprint density at radius 3 is 2.65 bits per heavy atom. The summed E-state index contributed by atoms with van der Waals surface area (Å²) in [5.41, 5.74) is 3.43. The molecule has 26 heavy (non-hydrogen) atoms. The molecule has 5 nitrogen and oxygen atoms in total. The minimum Gasteiger partial charge on any atom is -0.493 e. The van der Waals surface area contributed by atoms with Crippen LogP contribution in [0.1, 0.15) is 30.9 Å². The lowest BCUT2D eigenvalue weighted by Gasteiger charge is -2.04. The molecule has 0 bridgehead atoms. The van der Waals surface area contributed by atoms with Gasteiger partial charge in [0.05, 0.1) is 5.52 Å². The number of hydrogen-bond donors (Lipinski definition) is 1. The molecule has 0 saturated carbocycles. The largest absolute Gasteiger partial charge is 0.493 e. The van der Waals surface area contributed by atoms with E-state index in [1.54, 1.807) is 0 Å². The molecule has 0 atom stereocenters. The number of aromatic hydroxyl groups is 1. The summed E-state index contributed by atoms with van der Waals surface area (Å²) in [6.45, 7) is 4.72. The third kappa shape index (κ3) is 3.82. The van der Waals surface area contributed by atoms with Gasteiger partial charge in [-0.15, -0.1) is 10.2 Å². The maximum atomic E-state index is 12.1. The first kappa shape index (κ1) is 17.9. The smallest absolute Gasteiger partial charge is 0.265 e. The van der Waals surface area contributed by atoms with E-state index in [4.69, 9.17) is 0 Å². The molecule has 134 valence electrons. The Bertz CT molecular complexity index is 943. The Morgan fingerprint density at radius 2 is 1.92 bits per heavy atom. The van der Waals surface area contributed by atoms with E-state index in [-0.39, 0.29) is 11.8 Å². The van der Waals surface area contributed by atoms with E-state index in [9.17, 15) is 9.90 Å². The summed E-state index contributed by atoms with van der Waals surface area (Å²) in [7, 11) is 0. The highest BCUT2D eigenvalue weighted by Gasteiger charge is 2.16. The maximum Gasteiger partial charge on any atom is 0.265 e. The summed E-state index contributed by atoms with van der Waals surface area (Å²) in [5.74, 6) is -0.232. The Labute approximate surface area is 153 Å². The van der Waals surface area contributed by atoms with E-state index in [1.165, 1.54) is 0 Å². The number of benzene rings is 2. The lowest BCUT2D eigenvalue weighted by atomic mass is 10.1. The van der Waals surface area contributed by atoms with E-state index in [0.717, 1.165) is 28.5 Å². The molecular formula is C21H23N3O2. The molecule has 0 unspecified atom stereocenters. The number of aromatic nitrogens is 1. The quantitative estimate of drug-likeness (QED) is 0.613. The van der Waals surface area contributed by atoms with Crippen molar-refractivity contribution in [3.8, 4) is 5.88 Å². The zero-order valence-electron chi connectivity index (χ0n) is 15.1. The van der Waals surface area contributed by atoms with Gasteiger partial charge in [-0.1, -0.05) is 48.9 Å². The number of carbonyl (C=O) groups excluding carboxylic acids is 1. The van der Waals surface area contributed by atoms with Crippen molar-refractivity contribution >= 4 is 22.5 Å². The lowest BCUT2D eigenvalue weighted by molar-refractivity contribution is -0.118. The number of fused-ring (bicyclic) bond motifs is 1. The molecular weight excluding hydrogens is 326 g/mol. The van der Waals surface area contributed by atoms with Crippen molar-refractivity contribution in [2.45, 2.75) is 39.7 Å². The van der Waals surface area contributed by atoms with E-state index in [2.05, 4.69) is 10.2 Å². The molecule has 0 fully saturated rings. The van der Waals surface area contributed by atoms with E-state index in [1.807, 2.05) is 66.9 Å². The molecule has 0 spiro atoms. The summed E-state index contributed by atoms with van der Waals surface area (Å²) in [5, 5.41) is 19.3. The average Bonchev–Trinajstić information content (AvgIpc) is 2.90. The first-order valence-electron chi connectivity index (χ1n) is 8.90. The average molecular weight is 349 g/mol. The normalized spacial score (nSPS) is 11.5. The van der Waals surface area contributed by atoms with Crippen LogP contribution in [-0.4, -0.2) is 15.6 Å². The molecule has 1 heterocycles. The van der Waals surface area contributed by atoms with E-state index >= 15 is 0 Å². The molecule has 0 aliphatic heterocycles. The molecule has 3 rings (SSSR count). The van der Waals surface area contributed by atoms with Crippen molar-refractivity contribution in [2.24, 2.45) is 10.2 Å². The second-order valence-electron chi connectivity index (χ2n) is 6.42. The van der Waals surface area contributed by atoms with Crippen LogP contribution in [0.4, 0.5) is 5.69 Å². The fourth-order valence-corrected chi connectivity index (χ4v) is 3.04. The summed E-state index contributed by atoms with van der Waals surface area (Å²) in [4.78, 5) is 12.1. The van der Waals surface area contributed by atoms with Crippen LogP contribution in [0.3, 0.4) is 0 Å². The monoisotopic (exact) mass is 349 g/mol. The Morgan fingerprint density at radius 1 is 1.15 bits per heavy atom. The molecule has 0 saturated heterocycles. The predicted molar refractivity (Wildman–Crippen MR) is 103 cm³/mol. The maximum absolute atomic E-state index is 12.1. The van der Waals surface area contributed by atoms with Gasteiger partial charge < -0.3 is 9.67 Å². The highest BCUT2D eigenvalue weighted by Crippen LogP contribution is 2.39. The minimum atomic E-state index is -0.294. The van der Waals surface area contributed by atoms with Gasteiger partial charge in [0.25, 0.3) is 5.91 Å². The molecule has 1 aromatic heterocycles. The zero-order chi connectivity index (χ0) is 18.5. The predicted octanol–water partition coefficient (Wildman–Crippen LogP) is 5.31.